The molecule has 3 aromatic rings. The highest BCUT2D eigenvalue weighted by molar-refractivity contribution is 8.16. The van der Waals surface area contributed by atoms with Crippen molar-refractivity contribution in [2.75, 3.05) is 19.5 Å². The summed E-state index contributed by atoms with van der Waals surface area (Å²) in [7, 11) is 3.19. The minimum atomic E-state index is -0.523. The Hall–Kier alpha value is -4.44. The molecule has 0 unspecified atom stereocenters. The number of fused-ring (bicyclic) bond motifs is 1. The number of allylic oxidation sites excluding steroid dienone is 1. The number of benzene rings is 2. The summed E-state index contributed by atoms with van der Waals surface area (Å²) in [6, 6.07) is 17.8. The second-order valence-corrected chi connectivity index (χ2v) is 9.72. The van der Waals surface area contributed by atoms with Crippen LogP contribution in [0.4, 0.5) is 5.69 Å². The van der Waals surface area contributed by atoms with Crippen molar-refractivity contribution in [1.29, 1.82) is 0 Å². The van der Waals surface area contributed by atoms with E-state index >= 15 is 0 Å². The molecule has 3 heterocycles. The zero-order valence-electron chi connectivity index (χ0n) is 21.8. The van der Waals surface area contributed by atoms with Gasteiger partial charge in [-0.3, -0.25) is 9.59 Å². The van der Waals surface area contributed by atoms with Gasteiger partial charge in [0.25, 0.3) is 5.91 Å². The fourth-order valence-electron chi connectivity index (χ4n) is 4.49. The molecule has 2 aliphatic heterocycles. The van der Waals surface area contributed by atoms with Crippen molar-refractivity contribution in [3.05, 3.63) is 101 Å². The van der Waals surface area contributed by atoms with E-state index in [1.807, 2.05) is 41.5 Å². The van der Waals surface area contributed by atoms with Crippen LogP contribution in [0.5, 0.6) is 11.5 Å². The van der Waals surface area contributed by atoms with Gasteiger partial charge in [0.1, 0.15) is 17.3 Å². The van der Waals surface area contributed by atoms with E-state index in [9.17, 15) is 9.59 Å². The minimum absolute atomic E-state index is 0.111. The zero-order valence-corrected chi connectivity index (χ0v) is 22.6. The van der Waals surface area contributed by atoms with Gasteiger partial charge in [0, 0.05) is 11.4 Å². The van der Waals surface area contributed by atoms with Gasteiger partial charge in [-0.1, -0.05) is 23.9 Å². The Morgan fingerprint density at radius 3 is 2.56 bits per heavy atom. The number of furan rings is 1. The maximum absolute atomic E-state index is 13.8. The van der Waals surface area contributed by atoms with Crippen molar-refractivity contribution in [2.24, 2.45) is 4.99 Å². The Labute approximate surface area is 230 Å². The number of carbonyl (C=O) groups excluding carboxylic acids is 2. The van der Waals surface area contributed by atoms with Gasteiger partial charge in [-0.05, 0) is 66.4 Å². The number of ether oxygens (including phenoxy) is 2. The quantitative estimate of drug-likeness (QED) is 0.381. The first-order valence-electron chi connectivity index (χ1n) is 12.3. The standard InChI is InChI=1S/C29H28N4O5S/c1-18-26(28(35)32-20-9-11-22(36-2)12-10-20)27(19-6-4-7-23(14-19)37-3)33-21(17-39-29(33)31-18)15-25(34)30-16-24-8-5-13-38-24/h4-14,17,27H,15-16H2,1-3H3,(H,30,34)(H,32,35)/t27-/m1/s1. The predicted molar refractivity (Wildman–Crippen MR) is 150 cm³/mol. The van der Waals surface area contributed by atoms with E-state index < -0.39 is 6.04 Å². The smallest absolute Gasteiger partial charge is 0.255 e. The number of amidine groups is 1. The SMILES string of the molecule is COc1ccc(NC(=O)C2=C(C)N=C3SC=C(CC(=O)NCc4ccco4)N3[C@@H]2c2cccc(OC)c2)cc1. The summed E-state index contributed by atoms with van der Waals surface area (Å²) in [5, 5.41) is 8.51. The Morgan fingerprint density at radius 2 is 1.85 bits per heavy atom. The van der Waals surface area contributed by atoms with E-state index in [0.29, 0.717) is 45.9 Å². The van der Waals surface area contributed by atoms with Crippen LogP contribution < -0.4 is 20.1 Å². The van der Waals surface area contributed by atoms with Gasteiger partial charge in [-0.2, -0.15) is 0 Å². The molecule has 0 saturated heterocycles. The van der Waals surface area contributed by atoms with Gasteiger partial charge in [-0.15, -0.1) is 0 Å². The summed E-state index contributed by atoms with van der Waals surface area (Å²) in [5.41, 5.74) is 3.29. The normalized spacial score (nSPS) is 16.3. The topological polar surface area (TPSA) is 105 Å². The molecular formula is C29H28N4O5S. The number of rotatable bonds is 9. The van der Waals surface area contributed by atoms with Gasteiger partial charge in [-0.25, -0.2) is 4.99 Å². The average molecular weight is 545 g/mol. The number of nitrogens with zero attached hydrogens (tertiary/aromatic N) is 2. The molecule has 0 saturated carbocycles. The molecule has 2 aliphatic rings. The third-order valence-electron chi connectivity index (χ3n) is 6.38. The summed E-state index contributed by atoms with van der Waals surface area (Å²) >= 11 is 1.43. The van der Waals surface area contributed by atoms with Gasteiger partial charge >= 0.3 is 0 Å². The Balaban J connectivity index is 1.45. The maximum atomic E-state index is 13.8. The van der Waals surface area contributed by atoms with Crippen LogP contribution >= 0.6 is 11.8 Å². The molecule has 1 aromatic heterocycles. The highest BCUT2D eigenvalue weighted by atomic mass is 32.2. The van der Waals surface area contributed by atoms with E-state index in [-0.39, 0.29) is 18.2 Å². The first-order chi connectivity index (χ1) is 19.0. The molecule has 0 radical (unpaired) electrons. The summed E-state index contributed by atoms with van der Waals surface area (Å²) in [5.74, 6) is 1.58. The fraction of sp³-hybridized carbons (Fsp3) is 0.207. The lowest BCUT2D eigenvalue weighted by atomic mass is 9.93. The fourth-order valence-corrected chi connectivity index (χ4v) is 5.45. The van der Waals surface area contributed by atoms with Crippen molar-refractivity contribution in [2.45, 2.75) is 25.9 Å². The van der Waals surface area contributed by atoms with Crippen LogP contribution in [-0.2, 0) is 16.1 Å². The molecule has 2 amide bonds. The molecule has 10 heteroatoms. The van der Waals surface area contributed by atoms with Gasteiger partial charge in [0.2, 0.25) is 5.91 Å². The van der Waals surface area contributed by atoms with Crippen LogP contribution in [-0.4, -0.2) is 36.1 Å². The van der Waals surface area contributed by atoms with E-state index in [1.165, 1.54) is 11.8 Å². The largest absolute Gasteiger partial charge is 0.497 e. The molecule has 1 atom stereocenters. The number of hydrogen-bond acceptors (Lipinski definition) is 8. The number of aliphatic imine (C=N–C) groups is 1. The van der Waals surface area contributed by atoms with Gasteiger partial charge in [0.05, 0.1) is 50.8 Å². The highest BCUT2D eigenvalue weighted by Gasteiger charge is 2.40. The third kappa shape index (κ3) is 5.70. The number of anilines is 1. The predicted octanol–water partition coefficient (Wildman–Crippen LogP) is 5.22. The molecule has 2 N–H and O–H groups in total. The Kier molecular flexibility index (Phi) is 7.74. The first-order valence-corrected chi connectivity index (χ1v) is 13.2. The number of thioether (sulfide) groups is 1. The minimum Gasteiger partial charge on any atom is -0.497 e. The lowest BCUT2D eigenvalue weighted by Crippen LogP contribution is -2.38. The van der Waals surface area contributed by atoms with Crippen LogP contribution in [0.2, 0.25) is 0 Å². The molecular weight excluding hydrogens is 516 g/mol. The molecule has 39 heavy (non-hydrogen) atoms. The lowest BCUT2D eigenvalue weighted by molar-refractivity contribution is -0.120. The van der Waals surface area contributed by atoms with Crippen LogP contribution in [0.15, 0.2) is 98.7 Å². The zero-order chi connectivity index (χ0) is 27.4. The first kappa shape index (κ1) is 26.2. The number of nitrogens with one attached hydrogen (secondary N) is 2. The molecule has 0 bridgehead atoms. The monoisotopic (exact) mass is 544 g/mol. The number of amides is 2. The average Bonchev–Trinajstić information content (AvgIpc) is 3.61. The molecule has 0 aliphatic carbocycles. The Bertz CT molecular complexity index is 1460. The molecule has 2 aromatic carbocycles. The van der Waals surface area contributed by atoms with Crippen LogP contribution in [0.25, 0.3) is 0 Å². The number of hydrogen-bond donors (Lipinski definition) is 2. The summed E-state index contributed by atoms with van der Waals surface area (Å²) < 4.78 is 16.0. The summed E-state index contributed by atoms with van der Waals surface area (Å²) in [4.78, 5) is 33.4. The van der Waals surface area contributed by atoms with E-state index in [0.717, 1.165) is 11.3 Å². The van der Waals surface area contributed by atoms with E-state index in [2.05, 4.69) is 10.6 Å². The van der Waals surface area contributed by atoms with Gasteiger partial charge < -0.3 is 29.4 Å². The second kappa shape index (κ2) is 11.5. The lowest BCUT2D eigenvalue weighted by Gasteiger charge is -2.36. The molecule has 5 rings (SSSR count). The van der Waals surface area contributed by atoms with Crippen molar-refractivity contribution < 1.29 is 23.5 Å². The molecule has 0 fully saturated rings. The van der Waals surface area contributed by atoms with Crippen LogP contribution in [0.1, 0.15) is 30.7 Å². The van der Waals surface area contributed by atoms with Crippen molar-refractivity contribution in [1.82, 2.24) is 10.2 Å². The van der Waals surface area contributed by atoms with Crippen LogP contribution in [0.3, 0.4) is 0 Å². The Morgan fingerprint density at radius 1 is 1.05 bits per heavy atom. The number of carbonyl (C=O) groups is 2. The maximum Gasteiger partial charge on any atom is 0.255 e. The van der Waals surface area contributed by atoms with Crippen molar-refractivity contribution in [3.63, 3.8) is 0 Å². The molecule has 9 nitrogen and oxygen atoms in total. The summed E-state index contributed by atoms with van der Waals surface area (Å²) in [6.45, 7) is 2.12. The molecule has 200 valence electrons. The van der Waals surface area contributed by atoms with E-state index in [1.54, 1.807) is 56.9 Å². The third-order valence-corrected chi connectivity index (χ3v) is 7.27. The van der Waals surface area contributed by atoms with Crippen molar-refractivity contribution in [3.8, 4) is 11.5 Å². The molecule has 0 spiro atoms. The number of methoxy groups -OCH3 is 2. The van der Waals surface area contributed by atoms with Crippen LogP contribution in [0, 0.1) is 0 Å². The second-order valence-electron chi connectivity index (χ2n) is 8.89. The highest BCUT2D eigenvalue weighted by Crippen LogP contribution is 2.45. The summed E-state index contributed by atoms with van der Waals surface area (Å²) in [6.07, 6.45) is 1.68. The van der Waals surface area contributed by atoms with E-state index in [4.69, 9.17) is 18.9 Å². The van der Waals surface area contributed by atoms with Gasteiger partial charge in [0.15, 0.2) is 5.17 Å². The van der Waals surface area contributed by atoms with Crippen molar-refractivity contribution >= 4 is 34.4 Å².